The van der Waals surface area contributed by atoms with E-state index < -0.39 is 10.0 Å². The van der Waals surface area contributed by atoms with E-state index in [9.17, 15) is 8.42 Å². The Morgan fingerprint density at radius 3 is 2.95 bits per heavy atom. The summed E-state index contributed by atoms with van der Waals surface area (Å²) in [5.41, 5.74) is 0.577. The normalized spacial score (nSPS) is 23.4. The van der Waals surface area contributed by atoms with Crippen molar-refractivity contribution in [3.8, 4) is 0 Å². The topological polar surface area (TPSA) is 67.8 Å². The Morgan fingerprint density at radius 2 is 2.14 bits per heavy atom. The van der Waals surface area contributed by atoms with Crippen molar-refractivity contribution in [2.45, 2.75) is 43.0 Å². The minimum absolute atomic E-state index is 0.238. The number of fused-ring (bicyclic) bond motifs is 1. The molecule has 1 fully saturated rings. The molecule has 1 saturated heterocycles. The predicted molar refractivity (Wildman–Crippen MR) is 81.0 cm³/mol. The summed E-state index contributed by atoms with van der Waals surface area (Å²) >= 11 is 0. The van der Waals surface area contributed by atoms with Crippen LogP contribution in [0.2, 0.25) is 0 Å². The summed E-state index contributed by atoms with van der Waals surface area (Å²) in [6.45, 7) is 1.60. The second kappa shape index (κ2) is 6.15. The summed E-state index contributed by atoms with van der Waals surface area (Å²) in [6.07, 6.45) is 5.73. The smallest absolute Gasteiger partial charge is 0.286 e. The van der Waals surface area contributed by atoms with Crippen LogP contribution in [-0.2, 0) is 14.8 Å². The molecule has 1 aromatic rings. The molecule has 1 atom stereocenters. The van der Waals surface area contributed by atoms with Gasteiger partial charge in [-0.25, -0.2) is 0 Å². The van der Waals surface area contributed by atoms with Crippen molar-refractivity contribution in [3.63, 3.8) is 0 Å². The molecule has 2 heterocycles. The Labute approximate surface area is 125 Å². The van der Waals surface area contributed by atoms with Gasteiger partial charge in [-0.2, -0.15) is 8.42 Å². The van der Waals surface area contributed by atoms with Crippen LogP contribution in [0.3, 0.4) is 0 Å². The lowest BCUT2D eigenvalue weighted by Gasteiger charge is -2.23. The molecule has 1 N–H and O–H groups in total. The number of piperidine rings is 1. The number of nitrogens with one attached hydrogen (secondary N) is 1. The van der Waals surface area contributed by atoms with Crippen molar-refractivity contribution in [2.24, 2.45) is 4.40 Å². The van der Waals surface area contributed by atoms with Gasteiger partial charge in [-0.1, -0.05) is 18.6 Å². The Balaban J connectivity index is 1.54. The molecule has 0 unspecified atom stereocenters. The van der Waals surface area contributed by atoms with Gasteiger partial charge >= 0.3 is 0 Å². The van der Waals surface area contributed by atoms with E-state index in [-0.39, 0.29) is 10.8 Å². The molecule has 0 saturated carbocycles. The molecular weight excluding hydrogens is 288 g/mol. The molecule has 6 heteroatoms. The van der Waals surface area contributed by atoms with Gasteiger partial charge in [0.1, 0.15) is 4.90 Å². The zero-order chi connectivity index (χ0) is 14.7. The number of hydrogen-bond acceptors (Lipinski definition) is 4. The van der Waals surface area contributed by atoms with Crippen LogP contribution in [0, 0.1) is 0 Å². The van der Waals surface area contributed by atoms with Gasteiger partial charge in [-0.15, -0.1) is 4.40 Å². The fourth-order valence-corrected chi connectivity index (χ4v) is 4.00. The molecule has 2 aliphatic rings. The molecule has 1 aromatic carbocycles. The van der Waals surface area contributed by atoms with E-state index in [1.165, 1.54) is 19.3 Å². The Bertz CT molecular complexity index is 634. The van der Waals surface area contributed by atoms with Crippen LogP contribution in [0.15, 0.2) is 33.6 Å². The highest BCUT2D eigenvalue weighted by Gasteiger charge is 2.29. The monoisotopic (exact) mass is 308 g/mol. The summed E-state index contributed by atoms with van der Waals surface area (Å²) < 4.78 is 33.1. The van der Waals surface area contributed by atoms with Crippen LogP contribution in [0.4, 0.5) is 0 Å². The van der Waals surface area contributed by atoms with Gasteiger partial charge in [-0.05, 0) is 44.4 Å². The van der Waals surface area contributed by atoms with Gasteiger partial charge in [0.15, 0.2) is 0 Å². The summed E-state index contributed by atoms with van der Waals surface area (Å²) in [5.74, 6) is 0.238. The molecule has 0 spiro atoms. The molecular formula is C15H20N2O3S. The first-order valence-electron chi connectivity index (χ1n) is 7.47. The highest BCUT2D eigenvalue weighted by atomic mass is 32.2. The van der Waals surface area contributed by atoms with Gasteiger partial charge in [-0.3, -0.25) is 0 Å². The van der Waals surface area contributed by atoms with Crippen LogP contribution in [0.1, 0.15) is 37.7 Å². The van der Waals surface area contributed by atoms with Crippen LogP contribution in [0.25, 0.3) is 0 Å². The number of nitrogens with zero attached hydrogens (tertiary/aromatic N) is 1. The van der Waals surface area contributed by atoms with Crippen molar-refractivity contribution in [1.29, 1.82) is 0 Å². The van der Waals surface area contributed by atoms with E-state index in [1.807, 2.05) is 0 Å². The number of rotatable bonds is 4. The molecule has 0 amide bonds. The highest BCUT2D eigenvalue weighted by Crippen LogP contribution is 2.26. The molecule has 21 heavy (non-hydrogen) atoms. The lowest BCUT2D eigenvalue weighted by molar-refractivity contribution is 0.276. The van der Waals surface area contributed by atoms with E-state index >= 15 is 0 Å². The van der Waals surface area contributed by atoms with Crippen LogP contribution >= 0.6 is 0 Å². The largest absolute Gasteiger partial charge is 0.477 e. The Kier molecular flexibility index (Phi) is 4.26. The molecule has 0 aromatic heterocycles. The summed E-state index contributed by atoms with van der Waals surface area (Å²) in [4.78, 5) is 0.244. The average Bonchev–Trinajstić information content (AvgIpc) is 2.77. The number of hydrogen-bond donors (Lipinski definition) is 1. The van der Waals surface area contributed by atoms with Crippen molar-refractivity contribution in [2.75, 3.05) is 13.2 Å². The number of benzene rings is 1. The van der Waals surface area contributed by atoms with Crippen LogP contribution in [0.5, 0.6) is 0 Å². The molecule has 3 rings (SSSR count). The van der Waals surface area contributed by atoms with Crippen LogP contribution in [-0.4, -0.2) is 33.5 Å². The zero-order valence-corrected chi connectivity index (χ0v) is 12.7. The molecule has 0 bridgehead atoms. The standard InChI is InChI=1S/C15H20N2O3S/c18-21(19)14-9-2-1-8-13(14)15(17-21)20-11-5-7-12-6-3-4-10-16-12/h1-2,8-9,12,16H,3-7,10-11H2/t12-/m0/s1. The van der Waals surface area contributed by atoms with Crippen molar-refractivity contribution < 1.29 is 13.2 Å². The van der Waals surface area contributed by atoms with Gasteiger partial charge in [0.05, 0.1) is 12.2 Å². The van der Waals surface area contributed by atoms with E-state index in [0.717, 1.165) is 19.4 Å². The number of ether oxygens (including phenoxy) is 1. The van der Waals surface area contributed by atoms with Crippen molar-refractivity contribution in [3.05, 3.63) is 29.8 Å². The Morgan fingerprint density at radius 1 is 1.29 bits per heavy atom. The fraction of sp³-hybridized carbons (Fsp3) is 0.533. The first-order valence-corrected chi connectivity index (χ1v) is 8.91. The number of sulfonamides is 1. The zero-order valence-electron chi connectivity index (χ0n) is 11.9. The van der Waals surface area contributed by atoms with Crippen molar-refractivity contribution >= 4 is 15.9 Å². The summed E-state index contributed by atoms with van der Waals surface area (Å²) in [5, 5.41) is 3.49. The maximum absolute atomic E-state index is 11.9. The van der Waals surface area contributed by atoms with Gasteiger partial charge in [0, 0.05) is 6.04 Å². The first-order chi connectivity index (χ1) is 10.2. The van der Waals surface area contributed by atoms with Crippen LogP contribution < -0.4 is 5.32 Å². The van der Waals surface area contributed by atoms with E-state index in [0.29, 0.717) is 18.2 Å². The van der Waals surface area contributed by atoms with Gasteiger partial charge < -0.3 is 10.1 Å². The Hall–Kier alpha value is -1.40. The first kappa shape index (κ1) is 14.5. The molecule has 2 aliphatic heterocycles. The summed E-state index contributed by atoms with van der Waals surface area (Å²) in [6, 6.07) is 7.37. The third kappa shape index (κ3) is 3.27. The third-order valence-electron chi connectivity index (χ3n) is 3.95. The average molecular weight is 308 g/mol. The highest BCUT2D eigenvalue weighted by molar-refractivity contribution is 7.90. The predicted octanol–water partition coefficient (Wildman–Crippen LogP) is 2.07. The maximum atomic E-state index is 11.9. The minimum atomic E-state index is -3.56. The second-order valence-corrected chi connectivity index (χ2v) is 7.08. The van der Waals surface area contributed by atoms with E-state index in [1.54, 1.807) is 24.3 Å². The summed E-state index contributed by atoms with van der Waals surface area (Å²) in [7, 11) is -3.56. The molecule has 0 aliphatic carbocycles. The molecule has 5 nitrogen and oxygen atoms in total. The second-order valence-electron chi connectivity index (χ2n) is 5.51. The molecule has 114 valence electrons. The van der Waals surface area contributed by atoms with E-state index in [4.69, 9.17) is 4.74 Å². The quantitative estimate of drug-likeness (QED) is 0.865. The lowest BCUT2D eigenvalue weighted by atomic mass is 10.0. The minimum Gasteiger partial charge on any atom is -0.477 e. The van der Waals surface area contributed by atoms with Crippen molar-refractivity contribution in [1.82, 2.24) is 5.32 Å². The van der Waals surface area contributed by atoms with Gasteiger partial charge in [0.2, 0.25) is 5.90 Å². The van der Waals surface area contributed by atoms with Gasteiger partial charge in [0.25, 0.3) is 10.0 Å². The fourth-order valence-electron chi connectivity index (χ4n) is 2.85. The third-order valence-corrected chi connectivity index (χ3v) is 5.26. The van der Waals surface area contributed by atoms with E-state index in [2.05, 4.69) is 9.71 Å². The SMILES string of the molecule is O=S1(=O)N=C(OCCC[C@@H]2CCCCN2)c2ccccc21. The molecule has 0 radical (unpaired) electrons. The lowest BCUT2D eigenvalue weighted by Crippen LogP contribution is -2.34. The maximum Gasteiger partial charge on any atom is 0.286 e.